The molecule has 5 heteroatoms. The van der Waals surface area contributed by atoms with E-state index in [0.717, 1.165) is 49.5 Å². The van der Waals surface area contributed by atoms with Gasteiger partial charge >= 0.3 is 0 Å². The summed E-state index contributed by atoms with van der Waals surface area (Å²) < 4.78 is 5.18. The Bertz CT molecular complexity index is 636. The van der Waals surface area contributed by atoms with Gasteiger partial charge < -0.3 is 15.0 Å². The zero-order valence-electron chi connectivity index (χ0n) is 14.5. The maximum atomic E-state index is 5.18. The van der Waals surface area contributed by atoms with Crippen molar-refractivity contribution in [1.82, 2.24) is 9.97 Å². The number of ether oxygens (including phenoxy) is 1. The van der Waals surface area contributed by atoms with E-state index in [4.69, 9.17) is 4.74 Å². The second kappa shape index (κ2) is 7.99. The van der Waals surface area contributed by atoms with Crippen molar-refractivity contribution in [3.05, 3.63) is 42.1 Å². The molecule has 3 rings (SSSR count). The number of benzene rings is 1. The Kier molecular flexibility index (Phi) is 5.51. The Morgan fingerprint density at radius 1 is 1.17 bits per heavy atom. The highest BCUT2D eigenvalue weighted by Crippen LogP contribution is 2.20. The van der Waals surface area contributed by atoms with Crippen molar-refractivity contribution < 1.29 is 4.74 Å². The molecule has 0 bridgehead atoms. The minimum atomic E-state index is 0.812. The molecule has 2 aromatic rings. The van der Waals surface area contributed by atoms with Crippen LogP contribution in [0.3, 0.4) is 0 Å². The minimum Gasteiger partial charge on any atom is -0.497 e. The lowest BCUT2D eigenvalue weighted by Crippen LogP contribution is -2.34. The fraction of sp³-hybridized carbons (Fsp3) is 0.474. The molecule has 0 saturated carbocycles. The van der Waals surface area contributed by atoms with Gasteiger partial charge in [0, 0.05) is 25.8 Å². The van der Waals surface area contributed by atoms with Gasteiger partial charge in [-0.1, -0.05) is 19.1 Å². The summed E-state index contributed by atoms with van der Waals surface area (Å²) in [7, 11) is 1.69. The standard InChI is InChI=1S/C19H26N4O/c1-15-9-13-23(14-10-15)19-21-12-8-18(22-19)20-11-7-16-3-5-17(24-2)6-4-16/h3-6,8,12,15H,7,9-11,13-14H2,1-2H3,(H,20,21,22). The Balaban J connectivity index is 1.52. The van der Waals surface area contributed by atoms with Crippen LogP contribution in [0, 0.1) is 5.92 Å². The molecule has 1 aliphatic heterocycles. The van der Waals surface area contributed by atoms with Crippen molar-refractivity contribution in [3.8, 4) is 5.75 Å². The summed E-state index contributed by atoms with van der Waals surface area (Å²) in [6.07, 6.45) is 5.23. The summed E-state index contributed by atoms with van der Waals surface area (Å²) in [6.45, 7) is 5.27. The van der Waals surface area contributed by atoms with Crippen molar-refractivity contribution in [1.29, 1.82) is 0 Å². The first-order chi connectivity index (χ1) is 11.7. The molecule has 1 N–H and O–H groups in total. The van der Waals surface area contributed by atoms with Gasteiger partial charge in [-0.3, -0.25) is 0 Å². The molecule has 2 heterocycles. The Morgan fingerprint density at radius 3 is 2.62 bits per heavy atom. The highest BCUT2D eigenvalue weighted by Gasteiger charge is 2.17. The van der Waals surface area contributed by atoms with Crippen LogP contribution in [-0.2, 0) is 6.42 Å². The maximum absolute atomic E-state index is 5.18. The van der Waals surface area contributed by atoms with E-state index in [1.54, 1.807) is 7.11 Å². The first-order valence-corrected chi connectivity index (χ1v) is 8.69. The lowest BCUT2D eigenvalue weighted by Gasteiger charge is -2.30. The van der Waals surface area contributed by atoms with Crippen molar-refractivity contribution in [3.63, 3.8) is 0 Å². The number of nitrogens with zero attached hydrogens (tertiary/aromatic N) is 3. The van der Waals surface area contributed by atoms with E-state index >= 15 is 0 Å². The highest BCUT2D eigenvalue weighted by molar-refractivity contribution is 5.41. The topological polar surface area (TPSA) is 50.3 Å². The third-order valence-corrected chi connectivity index (χ3v) is 4.59. The van der Waals surface area contributed by atoms with Gasteiger partial charge in [0.1, 0.15) is 11.6 Å². The molecule has 5 nitrogen and oxygen atoms in total. The van der Waals surface area contributed by atoms with E-state index in [1.807, 2.05) is 24.4 Å². The van der Waals surface area contributed by atoms with Gasteiger partial charge in [-0.2, -0.15) is 4.98 Å². The molecule has 0 spiro atoms. The monoisotopic (exact) mass is 326 g/mol. The zero-order valence-corrected chi connectivity index (χ0v) is 14.5. The normalized spacial score (nSPS) is 15.3. The van der Waals surface area contributed by atoms with Crippen LogP contribution in [0.15, 0.2) is 36.5 Å². The van der Waals surface area contributed by atoms with E-state index in [-0.39, 0.29) is 0 Å². The maximum Gasteiger partial charge on any atom is 0.227 e. The SMILES string of the molecule is COc1ccc(CCNc2ccnc(N3CCC(C)CC3)n2)cc1. The van der Waals surface area contributed by atoms with Gasteiger partial charge in [0.25, 0.3) is 0 Å². The van der Waals surface area contributed by atoms with Gasteiger partial charge in [0.2, 0.25) is 5.95 Å². The van der Waals surface area contributed by atoms with Crippen LogP contribution in [0.25, 0.3) is 0 Å². The van der Waals surface area contributed by atoms with Crippen LogP contribution in [0.1, 0.15) is 25.3 Å². The van der Waals surface area contributed by atoms with Crippen LogP contribution < -0.4 is 15.0 Å². The van der Waals surface area contributed by atoms with Gasteiger partial charge in [-0.25, -0.2) is 4.98 Å². The lowest BCUT2D eigenvalue weighted by atomic mass is 10.00. The fourth-order valence-electron chi connectivity index (χ4n) is 2.93. The average molecular weight is 326 g/mol. The number of nitrogens with one attached hydrogen (secondary N) is 1. The third kappa shape index (κ3) is 4.37. The molecule has 0 atom stereocenters. The summed E-state index contributed by atoms with van der Waals surface area (Å²) in [4.78, 5) is 11.4. The lowest BCUT2D eigenvalue weighted by molar-refractivity contribution is 0.414. The van der Waals surface area contributed by atoms with E-state index < -0.39 is 0 Å². The molecule has 0 radical (unpaired) electrons. The van der Waals surface area contributed by atoms with Gasteiger partial charge in [0.05, 0.1) is 7.11 Å². The number of rotatable bonds is 6. The van der Waals surface area contributed by atoms with Crippen molar-refractivity contribution in [2.24, 2.45) is 5.92 Å². The van der Waals surface area contributed by atoms with E-state index in [2.05, 4.69) is 39.2 Å². The Labute approximate surface area is 144 Å². The number of hydrogen-bond acceptors (Lipinski definition) is 5. The molecule has 0 amide bonds. The summed E-state index contributed by atoms with van der Waals surface area (Å²) in [5.74, 6) is 3.44. The van der Waals surface area contributed by atoms with Crippen LogP contribution in [0.5, 0.6) is 5.75 Å². The minimum absolute atomic E-state index is 0.812. The predicted octanol–water partition coefficient (Wildman–Crippen LogP) is 3.38. The fourth-order valence-corrected chi connectivity index (χ4v) is 2.93. The summed E-state index contributed by atoms with van der Waals surface area (Å²) in [5.41, 5.74) is 1.28. The van der Waals surface area contributed by atoms with Crippen molar-refractivity contribution >= 4 is 11.8 Å². The first kappa shape index (κ1) is 16.6. The summed E-state index contributed by atoms with van der Waals surface area (Å²) in [6, 6.07) is 10.1. The number of hydrogen-bond donors (Lipinski definition) is 1. The number of aromatic nitrogens is 2. The molecular formula is C19H26N4O. The molecule has 24 heavy (non-hydrogen) atoms. The third-order valence-electron chi connectivity index (χ3n) is 4.59. The smallest absolute Gasteiger partial charge is 0.227 e. The second-order valence-electron chi connectivity index (χ2n) is 6.44. The first-order valence-electron chi connectivity index (χ1n) is 8.69. The van der Waals surface area contributed by atoms with Crippen molar-refractivity contribution in [2.45, 2.75) is 26.2 Å². The molecule has 1 aliphatic rings. The largest absolute Gasteiger partial charge is 0.497 e. The van der Waals surface area contributed by atoms with Gasteiger partial charge in [-0.15, -0.1) is 0 Å². The van der Waals surface area contributed by atoms with E-state index in [9.17, 15) is 0 Å². The predicted molar refractivity (Wildman–Crippen MR) is 97.8 cm³/mol. The number of piperidine rings is 1. The quantitative estimate of drug-likeness (QED) is 0.882. The van der Waals surface area contributed by atoms with Gasteiger partial charge in [-0.05, 0) is 48.9 Å². The van der Waals surface area contributed by atoms with Crippen LogP contribution in [0.2, 0.25) is 0 Å². The van der Waals surface area contributed by atoms with Crippen LogP contribution in [0.4, 0.5) is 11.8 Å². The molecule has 1 saturated heterocycles. The van der Waals surface area contributed by atoms with E-state index in [1.165, 1.54) is 18.4 Å². The molecular weight excluding hydrogens is 300 g/mol. The molecule has 1 fully saturated rings. The van der Waals surface area contributed by atoms with Gasteiger partial charge in [0.15, 0.2) is 0 Å². The zero-order chi connectivity index (χ0) is 16.8. The molecule has 1 aromatic carbocycles. The van der Waals surface area contributed by atoms with Crippen LogP contribution >= 0.6 is 0 Å². The molecule has 0 unspecified atom stereocenters. The summed E-state index contributed by atoms with van der Waals surface area (Å²) in [5, 5.41) is 3.40. The van der Waals surface area contributed by atoms with Crippen LogP contribution in [-0.4, -0.2) is 36.7 Å². The Hall–Kier alpha value is -2.30. The second-order valence-corrected chi connectivity index (χ2v) is 6.44. The number of methoxy groups -OCH3 is 1. The molecule has 0 aliphatic carbocycles. The molecule has 128 valence electrons. The van der Waals surface area contributed by atoms with E-state index in [0.29, 0.717) is 0 Å². The number of anilines is 2. The van der Waals surface area contributed by atoms with Crippen molar-refractivity contribution in [2.75, 3.05) is 37.0 Å². The molecule has 1 aromatic heterocycles. The highest BCUT2D eigenvalue weighted by atomic mass is 16.5. The average Bonchev–Trinajstić information content (AvgIpc) is 2.63. The summed E-state index contributed by atoms with van der Waals surface area (Å²) >= 11 is 0. The Morgan fingerprint density at radius 2 is 1.92 bits per heavy atom.